The molecule has 4 heteroatoms. The summed E-state index contributed by atoms with van der Waals surface area (Å²) in [6.07, 6.45) is 0. The van der Waals surface area contributed by atoms with Gasteiger partial charge in [-0.3, -0.25) is 0 Å². The number of nitrogen functional groups attached to an aromatic ring is 1. The van der Waals surface area contributed by atoms with Gasteiger partial charge in [-0.1, -0.05) is 6.07 Å². The van der Waals surface area contributed by atoms with Crippen LogP contribution in [-0.2, 0) is 0 Å². The molecule has 2 N–H and O–H groups in total. The molecule has 1 aromatic carbocycles. The van der Waals surface area contributed by atoms with Crippen molar-refractivity contribution in [2.45, 2.75) is 37.7 Å². The van der Waals surface area contributed by atoms with Crippen LogP contribution in [0.15, 0.2) is 28.3 Å². The van der Waals surface area contributed by atoms with Gasteiger partial charge in [-0.05, 0) is 62.7 Å². The molecule has 0 aliphatic carbocycles. The molecule has 94 valence electrons. The van der Waals surface area contributed by atoms with Crippen molar-refractivity contribution in [1.29, 1.82) is 0 Å². The zero-order valence-electron chi connectivity index (χ0n) is 11.1. The minimum atomic E-state index is 0.767. The van der Waals surface area contributed by atoms with Crippen LogP contribution < -0.4 is 5.73 Å². The molecule has 2 rings (SSSR count). The molecule has 0 radical (unpaired) electrons. The summed E-state index contributed by atoms with van der Waals surface area (Å²) in [6, 6.07) is 5.89. The lowest BCUT2D eigenvalue weighted by molar-refractivity contribution is 0.880. The van der Waals surface area contributed by atoms with Crippen LogP contribution in [0.1, 0.15) is 22.5 Å². The van der Waals surface area contributed by atoms with Crippen molar-refractivity contribution in [3.8, 4) is 0 Å². The largest absolute Gasteiger partial charge is 0.399 e. The summed E-state index contributed by atoms with van der Waals surface area (Å²) < 4.78 is 0. The standard InChI is InChI=1S/C14H17N3S/c1-8-5-6-12(15)7-13(8)18-14-16-10(3)9(2)11(4)17-14/h5-7H,15H2,1-4H3. The van der Waals surface area contributed by atoms with Gasteiger partial charge in [0.05, 0.1) is 0 Å². The highest BCUT2D eigenvalue weighted by molar-refractivity contribution is 7.99. The van der Waals surface area contributed by atoms with Crippen molar-refractivity contribution < 1.29 is 0 Å². The Morgan fingerprint density at radius 3 is 2.22 bits per heavy atom. The van der Waals surface area contributed by atoms with Crippen molar-refractivity contribution >= 4 is 17.4 Å². The second kappa shape index (κ2) is 4.98. The molecule has 0 atom stereocenters. The van der Waals surface area contributed by atoms with Crippen molar-refractivity contribution in [2.24, 2.45) is 0 Å². The van der Waals surface area contributed by atoms with Gasteiger partial charge in [0, 0.05) is 22.0 Å². The Morgan fingerprint density at radius 2 is 1.61 bits per heavy atom. The predicted octanol–water partition coefficient (Wildman–Crippen LogP) is 3.44. The van der Waals surface area contributed by atoms with E-state index in [1.54, 1.807) is 11.8 Å². The van der Waals surface area contributed by atoms with Gasteiger partial charge in [-0.25, -0.2) is 9.97 Å². The molecule has 0 saturated heterocycles. The van der Waals surface area contributed by atoms with Crippen LogP contribution in [0.2, 0.25) is 0 Å². The van der Waals surface area contributed by atoms with Crippen LogP contribution >= 0.6 is 11.8 Å². The fourth-order valence-corrected chi connectivity index (χ4v) is 2.60. The smallest absolute Gasteiger partial charge is 0.192 e. The van der Waals surface area contributed by atoms with E-state index in [4.69, 9.17) is 5.73 Å². The highest BCUT2D eigenvalue weighted by Crippen LogP contribution is 2.30. The molecule has 0 aliphatic heterocycles. The number of hydrogen-bond acceptors (Lipinski definition) is 4. The zero-order chi connectivity index (χ0) is 13.3. The van der Waals surface area contributed by atoms with Crippen LogP contribution in [-0.4, -0.2) is 9.97 Å². The fraction of sp³-hybridized carbons (Fsp3) is 0.286. The highest BCUT2D eigenvalue weighted by atomic mass is 32.2. The van der Waals surface area contributed by atoms with E-state index in [1.165, 1.54) is 5.56 Å². The van der Waals surface area contributed by atoms with Gasteiger partial charge in [0.2, 0.25) is 0 Å². The second-order valence-corrected chi connectivity index (χ2v) is 5.44. The third-order valence-corrected chi connectivity index (χ3v) is 4.05. The Hall–Kier alpha value is -1.55. The Bertz CT molecular complexity index is 571. The third-order valence-electron chi connectivity index (χ3n) is 3.03. The van der Waals surface area contributed by atoms with Gasteiger partial charge in [0.15, 0.2) is 5.16 Å². The maximum atomic E-state index is 5.81. The van der Waals surface area contributed by atoms with Crippen molar-refractivity contribution in [3.63, 3.8) is 0 Å². The molecule has 0 saturated carbocycles. The average Bonchev–Trinajstić information content (AvgIpc) is 2.31. The fourth-order valence-electron chi connectivity index (χ4n) is 1.61. The number of anilines is 1. The van der Waals surface area contributed by atoms with Crippen LogP contribution in [0.4, 0.5) is 5.69 Å². The van der Waals surface area contributed by atoms with Crippen LogP contribution in [0, 0.1) is 27.7 Å². The van der Waals surface area contributed by atoms with Gasteiger partial charge < -0.3 is 5.73 Å². The predicted molar refractivity (Wildman–Crippen MR) is 76.0 cm³/mol. The quantitative estimate of drug-likeness (QED) is 0.663. The maximum absolute atomic E-state index is 5.81. The van der Waals surface area contributed by atoms with Gasteiger partial charge in [-0.2, -0.15) is 0 Å². The van der Waals surface area contributed by atoms with Crippen molar-refractivity contribution in [3.05, 3.63) is 40.7 Å². The van der Waals surface area contributed by atoms with E-state index in [2.05, 4.69) is 16.9 Å². The summed E-state index contributed by atoms with van der Waals surface area (Å²) in [4.78, 5) is 10.1. The minimum absolute atomic E-state index is 0.767. The SMILES string of the molecule is Cc1ccc(N)cc1Sc1nc(C)c(C)c(C)n1. The van der Waals surface area contributed by atoms with E-state index >= 15 is 0 Å². The van der Waals surface area contributed by atoms with Gasteiger partial charge in [-0.15, -0.1) is 0 Å². The monoisotopic (exact) mass is 259 g/mol. The molecule has 0 fully saturated rings. The number of benzene rings is 1. The first kappa shape index (κ1) is 12.9. The summed E-state index contributed by atoms with van der Waals surface area (Å²) in [6.45, 7) is 8.14. The van der Waals surface area contributed by atoms with Crippen LogP contribution in [0.5, 0.6) is 0 Å². The van der Waals surface area contributed by atoms with E-state index in [1.807, 2.05) is 39.0 Å². The first-order valence-electron chi connectivity index (χ1n) is 5.83. The zero-order valence-corrected chi connectivity index (χ0v) is 11.9. The molecule has 2 aromatic rings. The molecule has 0 bridgehead atoms. The molecular formula is C14H17N3S. The molecule has 18 heavy (non-hydrogen) atoms. The number of rotatable bonds is 2. The minimum Gasteiger partial charge on any atom is -0.399 e. The molecule has 0 amide bonds. The van der Waals surface area contributed by atoms with Gasteiger partial charge in [0.25, 0.3) is 0 Å². The molecule has 1 aromatic heterocycles. The number of hydrogen-bond donors (Lipinski definition) is 1. The van der Waals surface area contributed by atoms with Crippen molar-refractivity contribution in [2.75, 3.05) is 5.73 Å². The molecule has 0 spiro atoms. The number of nitrogens with zero attached hydrogens (tertiary/aromatic N) is 2. The van der Waals surface area contributed by atoms with E-state index in [9.17, 15) is 0 Å². The van der Waals surface area contributed by atoms with E-state index in [-0.39, 0.29) is 0 Å². The Morgan fingerprint density at radius 1 is 1.00 bits per heavy atom. The second-order valence-electron chi connectivity index (χ2n) is 4.43. The van der Waals surface area contributed by atoms with Crippen molar-refractivity contribution in [1.82, 2.24) is 9.97 Å². The Labute approximate surface area is 112 Å². The van der Waals surface area contributed by atoms with Crippen LogP contribution in [0.25, 0.3) is 0 Å². The topological polar surface area (TPSA) is 51.8 Å². The number of aryl methyl sites for hydroxylation is 3. The third kappa shape index (κ3) is 2.64. The summed E-state index contributed by atoms with van der Waals surface area (Å²) in [7, 11) is 0. The summed E-state index contributed by atoms with van der Waals surface area (Å²) >= 11 is 1.56. The summed E-state index contributed by atoms with van der Waals surface area (Å²) in [5, 5.41) is 0.782. The summed E-state index contributed by atoms with van der Waals surface area (Å²) in [5.41, 5.74) is 11.0. The van der Waals surface area contributed by atoms with E-state index < -0.39 is 0 Å². The van der Waals surface area contributed by atoms with E-state index in [0.29, 0.717) is 0 Å². The lowest BCUT2D eigenvalue weighted by Crippen LogP contribution is -1.98. The van der Waals surface area contributed by atoms with Crippen LogP contribution in [0.3, 0.4) is 0 Å². The lowest BCUT2D eigenvalue weighted by atomic mass is 10.2. The van der Waals surface area contributed by atoms with Gasteiger partial charge >= 0.3 is 0 Å². The first-order valence-corrected chi connectivity index (χ1v) is 6.65. The molecular weight excluding hydrogens is 242 g/mol. The normalized spacial score (nSPS) is 10.7. The molecule has 0 unspecified atom stereocenters. The van der Waals surface area contributed by atoms with Gasteiger partial charge in [0.1, 0.15) is 0 Å². The number of nitrogens with two attached hydrogens (primary N) is 1. The van der Waals surface area contributed by atoms with E-state index in [0.717, 1.165) is 32.7 Å². The Kier molecular flexibility index (Phi) is 3.57. The molecule has 3 nitrogen and oxygen atoms in total. The average molecular weight is 259 g/mol. The molecule has 1 heterocycles. The number of aromatic nitrogens is 2. The lowest BCUT2D eigenvalue weighted by Gasteiger charge is -2.08. The summed E-state index contributed by atoms with van der Waals surface area (Å²) in [5.74, 6) is 0. The molecule has 0 aliphatic rings. The first-order chi connectivity index (χ1) is 8.47. The highest BCUT2D eigenvalue weighted by Gasteiger charge is 2.08. The Balaban J connectivity index is 2.37. The maximum Gasteiger partial charge on any atom is 0.192 e.